The van der Waals surface area contributed by atoms with Gasteiger partial charge in [-0.3, -0.25) is 4.79 Å². The van der Waals surface area contributed by atoms with E-state index in [2.05, 4.69) is 5.38 Å². The normalized spacial score (nSPS) is 19.3. The Balaban J connectivity index is 1.67. The summed E-state index contributed by atoms with van der Waals surface area (Å²) in [5, 5.41) is 2.08. The van der Waals surface area contributed by atoms with Crippen molar-refractivity contribution in [1.29, 1.82) is 0 Å². The molecule has 26 heavy (non-hydrogen) atoms. The first-order valence-corrected chi connectivity index (χ1v) is 10.2. The summed E-state index contributed by atoms with van der Waals surface area (Å²) in [4.78, 5) is 16.8. The fraction of sp³-hybridized carbons (Fsp3) is 0.476. The van der Waals surface area contributed by atoms with E-state index in [0.717, 1.165) is 54.9 Å². The second kappa shape index (κ2) is 7.31. The topological polar surface area (TPSA) is 38.8 Å². The Bertz CT molecular complexity index is 814. The molecule has 5 heteroatoms. The second-order valence-corrected chi connectivity index (χ2v) is 7.99. The van der Waals surface area contributed by atoms with E-state index < -0.39 is 0 Å². The van der Waals surface area contributed by atoms with E-state index in [1.807, 2.05) is 23.1 Å². The predicted molar refractivity (Wildman–Crippen MR) is 104 cm³/mol. The summed E-state index contributed by atoms with van der Waals surface area (Å²) in [6.45, 7) is 0.800. The van der Waals surface area contributed by atoms with Crippen molar-refractivity contribution in [1.82, 2.24) is 4.90 Å². The van der Waals surface area contributed by atoms with Crippen molar-refractivity contribution in [3.63, 3.8) is 0 Å². The van der Waals surface area contributed by atoms with Gasteiger partial charge >= 0.3 is 0 Å². The number of nitrogens with zero attached hydrogens (tertiary/aromatic N) is 1. The molecule has 0 N–H and O–H groups in total. The van der Waals surface area contributed by atoms with Gasteiger partial charge in [-0.1, -0.05) is 0 Å². The van der Waals surface area contributed by atoms with Gasteiger partial charge in [0.1, 0.15) is 11.5 Å². The quantitative estimate of drug-likeness (QED) is 0.787. The third-order valence-electron chi connectivity index (χ3n) is 5.60. The lowest BCUT2D eigenvalue weighted by Crippen LogP contribution is -2.31. The number of likely N-dealkylation sites (tertiary alicyclic amines) is 1. The molecule has 1 aliphatic heterocycles. The molecule has 1 fully saturated rings. The molecule has 1 aromatic carbocycles. The van der Waals surface area contributed by atoms with Crippen molar-refractivity contribution in [3.8, 4) is 11.5 Å². The average molecular weight is 372 g/mol. The highest BCUT2D eigenvalue weighted by molar-refractivity contribution is 7.10. The Hall–Kier alpha value is -2.01. The molecule has 2 aliphatic rings. The van der Waals surface area contributed by atoms with Crippen molar-refractivity contribution < 1.29 is 14.3 Å². The highest BCUT2D eigenvalue weighted by Crippen LogP contribution is 2.41. The molecule has 1 aliphatic carbocycles. The number of hydrogen-bond acceptors (Lipinski definition) is 4. The number of carbonyl (C=O) groups excluding carboxylic acids is 1. The van der Waals surface area contributed by atoms with Crippen LogP contribution in [0.1, 0.15) is 58.1 Å². The Morgan fingerprint density at radius 1 is 1.15 bits per heavy atom. The van der Waals surface area contributed by atoms with Crippen LogP contribution in [-0.4, -0.2) is 31.6 Å². The minimum absolute atomic E-state index is 0.0479. The number of carbonyl (C=O) groups is 1. The molecule has 138 valence electrons. The number of hydrogen-bond donors (Lipinski definition) is 0. The predicted octanol–water partition coefficient (Wildman–Crippen LogP) is 4.62. The molecule has 1 unspecified atom stereocenters. The lowest BCUT2D eigenvalue weighted by atomic mass is 9.95. The maximum atomic E-state index is 13.4. The summed E-state index contributed by atoms with van der Waals surface area (Å²) in [5.74, 6) is 1.80. The van der Waals surface area contributed by atoms with Crippen LogP contribution in [-0.2, 0) is 12.8 Å². The highest BCUT2D eigenvalue weighted by atomic mass is 32.1. The van der Waals surface area contributed by atoms with Crippen molar-refractivity contribution in [2.75, 3.05) is 20.8 Å². The zero-order valence-corrected chi connectivity index (χ0v) is 16.2. The van der Waals surface area contributed by atoms with Crippen LogP contribution in [0.5, 0.6) is 11.5 Å². The van der Waals surface area contributed by atoms with Crippen molar-refractivity contribution in [2.45, 2.75) is 44.6 Å². The Kier molecular flexibility index (Phi) is 4.90. The third-order valence-corrected chi connectivity index (χ3v) is 6.69. The van der Waals surface area contributed by atoms with E-state index in [9.17, 15) is 4.79 Å². The summed E-state index contributed by atoms with van der Waals surface area (Å²) in [5.41, 5.74) is 3.27. The first-order chi connectivity index (χ1) is 12.7. The van der Waals surface area contributed by atoms with Crippen LogP contribution in [0.2, 0.25) is 0 Å². The maximum Gasteiger partial charge on any atom is 0.255 e. The van der Waals surface area contributed by atoms with Gasteiger partial charge in [0.25, 0.3) is 5.91 Å². The van der Waals surface area contributed by atoms with Gasteiger partial charge in [0.2, 0.25) is 0 Å². The molecule has 0 radical (unpaired) electrons. The molecule has 2 heterocycles. The van der Waals surface area contributed by atoms with Crippen molar-refractivity contribution in [3.05, 3.63) is 45.1 Å². The SMILES string of the molecule is COc1ccc(OC)c(C2CCCN2C(=O)c2csc3c2CCCC3)c1. The van der Waals surface area contributed by atoms with Crippen LogP contribution in [0.15, 0.2) is 23.6 Å². The molecular formula is C21H25NO3S. The number of fused-ring (bicyclic) bond motifs is 1. The van der Waals surface area contributed by atoms with Crippen molar-refractivity contribution in [2.24, 2.45) is 0 Å². The van der Waals surface area contributed by atoms with Crippen LogP contribution >= 0.6 is 11.3 Å². The van der Waals surface area contributed by atoms with Gasteiger partial charge in [0, 0.05) is 22.4 Å². The van der Waals surface area contributed by atoms with Gasteiger partial charge in [0.05, 0.1) is 25.8 Å². The van der Waals surface area contributed by atoms with E-state index in [1.54, 1.807) is 25.6 Å². The number of methoxy groups -OCH3 is 2. The number of thiophene rings is 1. The van der Waals surface area contributed by atoms with E-state index in [1.165, 1.54) is 23.3 Å². The summed E-state index contributed by atoms with van der Waals surface area (Å²) in [7, 11) is 3.35. The zero-order chi connectivity index (χ0) is 18.1. The molecule has 1 aromatic heterocycles. The number of aryl methyl sites for hydroxylation is 1. The molecule has 1 amide bonds. The Morgan fingerprint density at radius 3 is 2.81 bits per heavy atom. The van der Waals surface area contributed by atoms with Gasteiger partial charge < -0.3 is 14.4 Å². The summed E-state index contributed by atoms with van der Waals surface area (Å²) < 4.78 is 11.0. The first kappa shape index (κ1) is 17.4. The zero-order valence-electron chi connectivity index (χ0n) is 15.4. The smallest absolute Gasteiger partial charge is 0.255 e. The molecule has 0 saturated carbocycles. The lowest BCUT2D eigenvalue weighted by molar-refractivity contribution is 0.0733. The molecule has 1 saturated heterocycles. The summed E-state index contributed by atoms with van der Waals surface area (Å²) in [6, 6.07) is 5.89. The molecule has 0 bridgehead atoms. The minimum atomic E-state index is 0.0479. The fourth-order valence-electron chi connectivity index (χ4n) is 4.26. The minimum Gasteiger partial charge on any atom is -0.497 e. The van der Waals surface area contributed by atoms with Gasteiger partial charge in [-0.25, -0.2) is 0 Å². The molecule has 0 spiro atoms. The fourth-order valence-corrected chi connectivity index (χ4v) is 5.38. The number of ether oxygens (including phenoxy) is 2. The summed E-state index contributed by atoms with van der Waals surface area (Å²) >= 11 is 1.76. The van der Waals surface area contributed by atoms with Crippen LogP contribution in [0.25, 0.3) is 0 Å². The van der Waals surface area contributed by atoms with Crippen LogP contribution < -0.4 is 9.47 Å². The monoisotopic (exact) mass is 371 g/mol. The summed E-state index contributed by atoms with van der Waals surface area (Å²) in [6.07, 6.45) is 6.58. The van der Waals surface area contributed by atoms with E-state index in [4.69, 9.17) is 9.47 Å². The van der Waals surface area contributed by atoms with Gasteiger partial charge in [0.15, 0.2) is 0 Å². The molecular weight excluding hydrogens is 346 g/mol. The Morgan fingerprint density at radius 2 is 2.00 bits per heavy atom. The molecule has 4 nitrogen and oxygen atoms in total. The standard InChI is InChI=1S/C21H25NO3S/c1-24-14-9-10-19(25-2)16(12-14)18-7-5-11-22(18)21(23)17-13-26-20-8-4-3-6-15(17)20/h9-10,12-13,18H,3-8,11H2,1-2H3. The number of rotatable bonds is 4. The van der Waals surface area contributed by atoms with Gasteiger partial charge in [-0.15, -0.1) is 11.3 Å². The Labute approximate surface area is 158 Å². The molecule has 4 rings (SSSR count). The second-order valence-electron chi connectivity index (χ2n) is 7.02. The number of amides is 1. The van der Waals surface area contributed by atoms with E-state index >= 15 is 0 Å². The van der Waals surface area contributed by atoms with E-state index in [-0.39, 0.29) is 11.9 Å². The molecule has 2 aromatic rings. The highest BCUT2D eigenvalue weighted by Gasteiger charge is 2.34. The lowest BCUT2D eigenvalue weighted by Gasteiger charge is -2.27. The van der Waals surface area contributed by atoms with Crippen LogP contribution in [0.3, 0.4) is 0 Å². The van der Waals surface area contributed by atoms with Gasteiger partial charge in [-0.05, 0) is 62.3 Å². The van der Waals surface area contributed by atoms with Crippen LogP contribution in [0.4, 0.5) is 0 Å². The number of benzene rings is 1. The average Bonchev–Trinajstić information content (AvgIpc) is 3.34. The van der Waals surface area contributed by atoms with Gasteiger partial charge in [-0.2, -0.15) is 0 Å². The first-order valence-electron chi connectivity index (χ1n) is 9.35. The maximum absolute atomic E-state index is 13.4. The third kappa shape index (κ3) is 2.98. The van der Waals surface area contributed by atoms with Crippen LogP contribution in [0, 0.1) is 0 Å². The van der Waals surface area contributed by atoms with E-state index in [0.29, 0.717) is 0 Å². The molecule has 1 atom stereocenters. The van der Waals surface area contributed by atoms with Crippen molar-refractivity contribution >= 4 is 17.2 Å². The largest absolute Gasteiger partial charge is 0.497 e.